The smallest absolute Gasteiger partial charge is 0.168 e. The van der Waals surface area contributed by atoms with Gasteiger partial charge in [0.2, 0.25) is 0 Å². The van der Waals surface area contributed by atoms with Crippen molar-refractivity contribution in [1.82, 2.24) is 4.98 Å². The number of anilines is 2. The second-order valence-corrected chi connectivity index (χ2v) is 4.99. The molecule has 0 aliphatic rings. The van der Waals surface area contributed by atoms with Crippen LogP contribution in [0.4, 0.5) is 20.4 Å². The summed E-state index contributed by atoms with van der Waals surface area (Å²) in [6.45, 7) is 7.53. The standard InChI is InChI=1S/C15H25F2N3O/c1-5-7-18-14-12(16)10-13(17)15(19-14)20(8-9-21-4)11(3)6-2/h10-11H,5-9H2,1-4H3,(H,18,19). The molecule has 1 rings (SSSR count). The molecule has 0 aliphatic carbocycles. The molecule has 0 amide bonds. The van der Waals surface area contributed by atoms with E-state index in [0.29, 0.717) is 19.7 Å². The predicted octanol–water partition coefficient (Wildman–Crippen LogP) is 3.43. The van der Waals surface area contributed by atoms with Gasteiger partial charge in [-0.1, -0.05) is 13.8 Å². The average molecular weight is 301 g/mol. The van der Waals surface area contributed by atoms with Crippen LogP contribution in [0, 0.1) is 11.6 Å². The van der Waals surface area contributed by atoms with Crippen LogP contribution in [0.3, 0.4) is 0 Å². The summed E-state index contributed by atoms with van der Waals surface area (Å²) >= 11 is 0. The zero-order valence-electron chi connectivity index (χ0n) is 13.2. The third-order valence-electron chi connectivity index (χ3n) is 3.38. The number of aromatic nitrogens is 1. The second kappa shape index (κ2) is 8.77. The lowest BCUT2D eigenvalue weighted by molar-refractivity contribution is 0.203. The summed E-state index contributed by atoms with van der Waals surface area (Å²) in [6, 6.07) is 0.981. The lowest BCUT2D eigenvalue weighted by Crippen LogP contribution is -2.37. The van der Waals surface area contributed by atoms with Gasteiger partial charge >= 0.3 is 0 Å². The molecule has 0 bridgehead atoms. The third-order valence-corrected chi connectivity index (χ3v) is 3.38. The van der Waals surface area contributed by atoms with Gasteiger partial charge in [-0.25, -0.2) is 13.8 Å². The van der Waals surface area contributed by atoms with Crippen molar-refractivity contribution < 1.29 is 13.5 Å². The summed E-state index contributed by atoms with van der Waals surface area (Å²) in [5.41, 5.74) is 0. The molecule has 1 atom stereocenters. The van der Waals surface area contributed by atoms with Crippen LogP contribution in [0.2, 0.25) is 0 Å². The van der Waals surface area contributed by atoms with Crippen molar-refractivity contribution >= 4 is 11.6 Å². The Morgan fingerprint density at radius 3 is 2.62 bits per heavy atom. The summed E-state index contributed by atoms with van der Waals surface area (Å²) in [5, 5.41) is 2.89. The van der Waals surface area contributed by atoms with Gasteiger partial charge in [0.1, 0.15) is 0 Å². The van der Waals surface area contributed by atoms with Crippen molar-refractivity contribution in [1.29, 1.82) is 0 Å². The molecule has 21 heavy (non-hydrogen) atoms. The molecular formula is C15H25F2N3O. The maximum atomic E-state index is 14.1. The molecule has 0 saturated carbocycles. The molecular weight excluding hydrogens is 276 g/mol. The lowest BCUT2D eigenvalue weighted by Gasteiger charge is -2.30. The molecule has 6 heteroatoms. The number of nitrogens with zero attached hydrogens (tertiary/aromatic N) is 2. The van der Waals surface area contributed by atoms with Gasteiger partial charge in [-0.05, 0) is 19.8 Å². The zero-order chi connectivity index (χ0) is 15.8. The molecule has 0 saturated heterocycles. The Morgan fingerprint density at radius 1 is 1.33 bits per heavy atom. The van der Waals surface area contributed by atoms with Crippen LogP contribution in [-0.2, 0) is 4.74 Å². The van der Waals surface area contributed by atoms with Gasteiger partial charge in [-0.2, -0.15) is 0 Å². The number of pyridine rings is 1. The van der Waals surface area contributed by atoms with Gasteiger partial charge in [-0.3, -0.25) is 0 Å². The maximum Gasteiger partial charge on any atom is 0.168 e. The molecule has 0 aromatic carbocycles. The van der Waals surface area contributed by atoms with Crippen LogP contribution < -0.4 is 10.2 Å². The van der Waals surface area contributed by atoms with E-state index < -0.39 is 11.6 Å². The lowest BCUT2D eigenvalue weighted by atomic mass is 10.2. The summed E-state index contributed by atoms with van der Waals surface area (Å²) < 4.78 is 32.9. The van der Waals surface area contributed by atoms with Gasteiger partial charge in [0.15, 0.2) is 23.3 Å². The Morgan fingerprint density at radius 2 is 2.05 bits per heavy atom. The van der Waals surface area contributed by atoms with Crippen LogP contribution in [0.5, 0.6) is 0 Å². The average Bonchev–Trinajstić information content (AvgIpc) is 2.47. The highest BCUT2D eigenvalue weighted by molar-refractivity contribution is 5.50. The molecule has 1 aromatic rings. The minimum Gasteiger partial charge on any atom is -0.383 e. The van der Waals surface area contributed by atoms with Crippen LogP contribution in [0.25, 0.3) is 0 Å². The van der Waals surface area contributed by atoms with Crippen molar-refractivity contribution in [3.8, 4) is 0 Å². The largest absolute Gasteiger partial charge is 0.383 e. The molecule has 0 fully saturated rings. The van der Waals surface area contributed by atoms with Crippen LogP contribution >= 0.6 is 0 Å². The summed E-state index contributed by atoms with van der Waals surface area (Å²) in [4.78, 5) is 5.96. The number of methoxy groups -OCH3 is 1. The van der Waals surface area contributed by atoms with E-state index in [1.54, 1.807) is 7.11 Å². The molecule has 0 spiro atoms. The van der Waals surface area contributed by atoms with Crippen LogP contribution in [0.15, 0.2) is 6.07 Å². The summed E-state index contributed by atoms with van der Waals surface area (Å²) in [5.74, 6) is -1.05. The van der Waals surface area contributed by atoms with E-state index in [0.717, 1.165) is 18.9 Å². The first-order valence-corrected chi connectivity index (χ1v) is 7.40. The number of hydrogen-bond acceptors (Lipinski definition) is 4. The zero-order valence-corrected chi connectivity index (χ0v) is 13.2. The highest BCUT2D eigenvalue weighted by Crippen LogP contribution is 2.24. The van der Waals surface area contributed by atoms with Gasteiger partial charge in [0.25, 0.3) is 0 Å². The molecule has 120 valence electrons. The molecule has 1 unspecified atom stereocenters. The first kappa shape index (κ1) is 17.6. The van der Waals surface area contributed by atoms with E-state index in [9.17, 15) is 8.78 Å². The normalized spacial score (nSPS) is 12.3. The Bertz CT molecular complexity index is 443. The van der Waals surface area contributed by atoms with E-state index >= 15 is 0 Å². The fourth-order valence-corrected chi connectivity index (χ4v) is 1.97. The highest BCUT2D eigenvalue weighted by Gasteiger charge is 2.20. The van der Waals surface area contributed by atoms with E-state index in [4.69, 9.17) is 4.74 Å². The first-order valence-electron chi connectivity index (χ1n) is 7.40. The number of nitrogens with one attached hydrogen (secondary N) is 1. The summed E-state index contributed by atoms with van der Waals surface area (Å²) in [6.07, 6.45) is 1.67. The Balaban J connectivity index is 3.10. The number of hydrogen-bond donors (Lipinski definition) is 1. The van der Waals surface area contributed by atoms with Crippen molar-refractivity contribution in [2.24, 2.45) is 0 Å². The second-order valence-electron chi connectivity index (χ2n) is 4.99. The number of rotatable bonds is 9. The third kappa shape index (κ3) is 4.81. The molecule has 4 nitrogen and oxygen atoms in total. The van der Waals surface area contributed by atoms with E-state index in [1.165, 1.54) is 0 Å². The Hall–Kier alpha value is -1.43. The number of ether oxygens (including phenoxy) is 1. The van der Waals surface area contributed by atoms with E-state index in [-0.39, 0.29) is 17.7 Å². The van der Waals surface area contributed by atoms with E-state index in [2.05, 4.69) is 10.3 Å². The van der Waals surface area contributed by atoms with Gasteiger partial charge in [0, 0.05) is 32.3 Å². The molecule has 0 radical (unpaired) electrons. The quantitative estimate of drug-likeness (QED) is 0.758. The van der Waals surface area contributed by atoms with Crippen molar-refractivity contribution in [3.63, 3.8) is 0 Å². The Labute approximate surface area is 125 Å². The molecule has 1 heterocycles. The molecule has 1 aromatic heterocycles. The predicted molar refractivity (Wildman–Crippen MR) is 81.9 cm³/mol. The van der Waals surface area contributed by atoms with Gasteiger partial charge < -0.3 is 15.0 Å². The molecule has 0 aliphatic heterocycles. The minimum atomic E-state index is -0.666. The maximum absolute atomic E-state index is 14.1. The fourth-order valence-electron chi connectivity index (χ4n) is 1.97. The monoisotopic (exact) mass is 301 g/mol. The first-order chi connectivity index (χ1) is 10.0. The number of halogens is 2. The van der Waals surface area contributed by atoms with Crippen molar-refractivity contribution in [2.75, 3.05) is 37.0 Å². The van der Waals surface area contributed by atoms with Crippen LogP contribution in [0.1, 0.15) is 33.6 Å². The van der Waals surface area contributed by atoms with Gasteiger partial charge in [0.05, 0.1) is 6.61 Å². The van der Waals surface area contributed by atoms with Crippen molar-refractivity contribution in [3.05, 3.63) is 17.7 Å². The van der Waals surface area contributed by atoms with Gasteiger partial charge in [-0.15, -0.1) is 0 Å². The summed E-state index contributed by atoms with van der Waals surface area (Å²) in [7, 11) is 1.59. The minimum absolute atomic E-state index is 0.0895. The Kier molecular flexibility index (Phi) is 7.36. The topological polar surface area (TPSA) is 37.4 Å². The molecule has 1 N–H and O–H groups in total. The van der Waals surface area contributed by atoms with Crippen LogP contribution in [-0.4, -0.2) is 37.8 Å². The fraction of sp³-hybridized carbons (Fsp3) is 0.667. The van der Waals surface area contributed by atoms with E-state index in [1.807, 2.05) is 25.7 Å². The SMILES string of the molecule is CCCNc1nc(N(CCOC)C(C)CC)c(F)cc1F. The van der Waals surface area contributed by atoms with Crippen molar-refractivity contribution in [2.45, 2.75) is 39.7 Å². The highest BCUT2D eigenvalue weighted by atomic mass is 19.1.